The van der Waals surface area contributed by atoms with Gasteiger partial charge < -0.3 is 10.8 Å². The Kier molecular flexibility index (Phi) is 5.71. The number of hydrogen-bond acceptors (Lipinski definition) is 3. The van der Waals surface area contributed by atoms with Crippen LogP contribution in [0.3, 0.4) is 0 Å². The van der Waals surface area contributed by atoms with E-state index in [1.807, 2.05) is 0 Å². The SMILES string of the molecule is CCSCC[C@@H]1CCc2cc([C@H]3CC[C@](N)(CO)C3)ccc2C1. The van der Waals surface area contributed by atoms with Crippen molar-refractivity contribution in [3.63, 3.8) is 0 Å². The van der Waals surface area contributed by atoms with Gasteiger partial charge in [-0.2, -0.15) is 11.8 Å². The first-order chi connectivity index (χ1) is 11.1. The molecule has 1 fully saturated rings. The van der Waals surface area contributed by atoms with Crippen LogP contribution in [0.15, 0.2) is 18.2 Å². The minimum Gasteiger partial charge on any atom is -0.394 e. The predicted molar refractivity (Wildman–Crippen MR) is 100 cm³/mol. The van der Waals surface area contributed by atoms with Crippen LogP contribution in [0.4, 0.5) is 0 Å². The van der Waals surface area contributed by atoms with E-state index in [0.717, 1.165) is 25.2 Å². The fourth-order valence-corrected chi connectivity index (χ4v) is 5.12. The van der Waals surface area contributed by atoms with Gasteiger partial charge in [-0.25, -0.2) is 0 Å². The smallest absolute Gasteiger partial charge is 0.0611 e. The Morgan fingerprint density at radius 1 is 1.30 bits per heavy atom. The highest BCUT2D eigenvalue weighted by molar-refractivity contribution is 7.99. The van der Waals surface area contributed by atoms with E-state index >= 15 is 0 Å². The van der Waals surface area contributed by atoms with E-state index in [2.05, 4.69) is 36.9 Å². The molecule has 3 rings (SSSR count). The van der Waals surface area contributed by atoms with Crippen molar-refractivity contribution in [3.05, 3.63) is 34.9 Å². The number of rotatable bonds is 6. The largest absolute Gasteiger partial charge is 0.394 e. The standard InChI is InChI=1S/C20H31NOS/c1-2-23-10-8-15-3-4-17-12-18(6-5-16(17)11-15)19-7-9-20(21,13-19)14-22/h5-6,12,15,19,22H,2-4,7-11,13-14,21H2,1H3/t15-,19-,20+/m0/s1. The molecule has 3 atom stereocenters. The van der Waals surface area contributed by atoms with Crippen molar-refractivity contribution in [1.29, 1.82) is 0 Å². The Morgan fingerprint density at radius 3 is 2.91 bits per heavy atom. The number of benzene rings is 1. The van der Waals surface area contributed by atoms with Crippen molar-refractivity contribution in [2.75, 3.05) is 18.1 Å². The molecule has 0 amide bonds. The van der Waals surface area contributed by atoms with Gasteiger partial charge in [-0.05, 0) is 85.0 Å². The number of aryl methyl sites for hydroxylation is 1. The molecular formula is C20H31NOS. The zero-order valence-electron chi connectivity index (χ0n) is 14.4. The van der Waals surface area contributed by atoms with Crippen LogP contribution in [-0.4, -0.2) is 28.8 Å². The van der Waals surface area contributed by atoms with E-state index in [1.165, 1.54) is 42.8 Å². The minimum atomic E-state index is -0.345. The van der Waals surface area contributed by atoms with E-state index in [4.69, 9.17) is 5.73 Å². The maximum Gasteiger partial charge on any atom is 0.0611 e. The summed E-state index contributed by atoms with van der Waals surface area (Å²) in [5, 5.41) is 9.47. The molecule has 0 heterocycles. The van der Waals surface area contributed by atoms with Gasteiger partial charge >= 0.3 is 0 Å². The molecule has 0 saturated heterocycles. The molecule has 128 valence electrons. The van der Waals surface area contributed by atoms with Gasteiger partial charge in [0.2, 0.25) is 0 Å². The third kappa shape index (κ3) is 4.12. The number of hydrogen-bond donors (Lipinski definition) is 2. The van der Waals surface area contributed by atoms with Crippen molar-refractivity contribution >= 4 is 11.8 Å². The van der Waals surface area contributed by atoms with Crippen LogP contribution in [0, 0.1) is 5.92 Å². The summed E-state index contributed by atoms with van der Waals surface area (Å²) < 4.78 is 0. The van der Waals surface area contributed by atoms with Crippen molar-refractivity contribution in [1.82, 2.24) is 0 Å². The lowest BCUT2D eigenvalue weighted by atomic mass is 9.80. The highest BCUT2D eigenvalue weighted by atomic mass is 32.2. The Morgan fingerprint density at radius 2 is 2.17 bits per heavy atom. The topological polar surface area (TPSA) is 46.2 Å². The van der Waals surface area contributed by atoms with Crippen LogP contribution in [0.5, 0.6) is 0 Å². The van der Waals surface area contributed by atoms with Crippen LogP contribution < -0.4 is 5.73 Å². The highest BCUT2D eigenvalue weighted by Crippen LogP contribution is 2.40. The summed E-state index contributed by atoms with van der Waals surface area (Å²) >= 11 is 2.07. The maximum absolute atomic E-state index is 9.47. The molecule has 0 bridgehead atoms. The number of fused-ring (bicyclic) bond motifs is 1. The summed E-state index contributed by atoms with van der Waals surface area (Å²) in [6.45, 7) is 2.37. The summed E-state index contributed by atoms with van der Waals surface area (Å²) in [5.41, 5.74) is 10.5. The quantitative estimate of drug-likeness (QED) is 0.776. The second-order valence-electron chi connectivity index (χ2n) is 7.58. The van der Waals surface area contributed by atoms with Gasteiger partial charge in [0, 0.05) is 5.54 Å². The number of nitrogens with two attached hydrogens (primary N) is 1. The predicted octanol–water partition coefficient (Wildman–Crippen LogP) is 3.89. The maximum atomic E-state index is 9.47. The van der Waals surface area contributed by atoms with Crippen molar-refractivity contribution in [2.45, 2.75) is 63.3 Å². The van der Waals surface area contributed by atoms with Gasteiger partial charge in [0.25, 0.3) is 0 Å². The minimum absolute atomic E-state index is 0.117. The molecule has 1 saturated carbocycles. The fraction of sp³-hybridized carbons (Fsp3) is 0.700. The summed E-state index contributed by atoms with van der Waals surface area (Å²) in [6, 6.07) is 7.15. The molecule has 0 aliphatic heterocycles. The zero-order valence-corrected chi connectivity index (χ0v) is 15.2. The third-order valence-electron chi connectivity index (χ3n) is 5.87. The first kappa shape index (κ1) is 17.3. The molecule has 0 unspecified atom stereocenters. The van der Waals surface area contributed by atoms with Crippen LogP contribution in [-0.2, 0) is 12.8 Å². The van der Waals surface area contributed by atoms with Gasteiger partial charge in [-0.3, -0.25) is 0 Å². The lowest BCUT2D eigenvalue weighted by Gasteiger charge is -2.26. The summed E-state index contributed by atoms with van der Waals surface area (Å²) in [5.74, 6) is 3.97. The van der Waals surface area contributed by atoms with Crippen LogP contribution >= 0.6 is 11.8 Å². The molecule has 0 radical (unpaired) electrons. The van der Waals surface area contributed by atoms with Crippen molar-refractivity contribution < 1.29 is 5.11 Å². The number of aliphatic hydroxyl groups excluding tert-OH is 1. The molecule has 2 aliphatic carbocycles. The van der Waals surface area contributed by atoms with Gasteiger partial charge in [0.1, 0.15) is 0 Å². The van der Waals surface area contributed by atoms with E-state index in [-0.39, 0.29) is 12.1 Å². The third-order valence-corrected chi connectivity index (χ3v) is 6.80. The zero-order chi connectivity index (χ0) is 16.3. The average Bonchev–Trinajstić information content (AvgIpc) is 2.98. The Hall–Kier alpha value is -0.510. The highest BCUT2D eigenvalue weighted by Gasteiger charge is 2.36. The lowest BCUT2D eigenvalue weighted by Crippen LogP contribution is -2.40. The van der Waals surface area contributed by atoms with Gasteiger partial charge in [0.05, 0.1) is 6.61 Å². The van der Waals surface area contributed by atoms with Gasteiger partial charge in [-0.15, -0.1) is 0 Å². The molecule has 0 aromatic heterocycles. The van der Waals surface area contributed by atoms with E-state index in [9.17, 15) is 5.11 Å². The second-order valence-corrected chi connectivity index (χ2v) is 8.98. The van der Waals surface area contributed by atoms with Crippen LogP contribution in [0.25, 0.3) is 0 Å². The van der Waals surface area contributed by atoms with Crippen LogP contribution in [0.2, 0.25) is 0 Å². The molecule has 2 aliphatic rings. The van der Waals surface area contributed by atoms with E-state index < -0.39 is 0 Å². The first-order valence-corrected chi connectivity index (χ1v) is 10.4. The van der Waals surface area contributed by atoms with Crippen LogP contribution in [0.1, 0.15) is 61.6 Å². The molecule has 0 spiro atoms. The molecule has 1 aromatic rings. The first-order valence-electron chi connectivity index (χ1n) is 9.23. The average molecular weight is 334 g/mol. The number of thioether (sulfide) groups is 1. The van der Waals surface area contributed by atoms with Crippen molar-refractivity contribution in [3.8, 4) is 0 Å². The molecule has 1 aromatic carbocycles. The molecule has 23 heavy (non-hydrogen) atoms. The summed E-state index contributed by atoms with van der Waals surface area (Å²) in [6.07, 6.45) is 8.22. The van der Waals surface area contributed by atoms with Gasteiger partial charge in [0.15, 0.2) is 0 Å². The lowest BCUT2D eigenvalue weighted by molar-refractivity contribution is 0.198. The second kappa shape index (κ2) is 7.58. The van der Waals surface area contributed by atoms with E-state index in [0.29, 0.717) is 5.92 Å². The summed E-state index contributed by atoms with van der Waals surface area (Å²) in [4.78, 5) is 0. The Bertz CT molecular complexity index is 532. The normalized spacial score (nSPS) is 30.4. The molecule has 2 nitrogen and oxygen atoms in total. The monoisotopic (exact) mass is 333 g/mol. The number of aliphatic hydroxyl groups is 1. The Balaban J connectivity index is 1.63. The fourth-order valence-electron chi connectivity index (χ4n) is 4.33. The van der Waals surface area contributed by atoms with E-state index in [1.54, 1.807) is 11.1 Å². The summed E-state index contributed by atoms with van der Waals surface area (Å²) in [7, 11) is 0. The van der Waals surface area contributed by atoms with Gasteiger partial charge in [-0.1, -0.05) is 25.1 Å². The molecule has 3 N–H and O–H groups in total. The Labute approximate surface area is 145 Å². The molecule has 3 heteroatoms. The van der Waals surface area contributed by atoms with Crippen molar-refractivity contribution in [2.24, 2.45) is 11.7 Å². The molecular weight excluding hydrogens is 302 g/mol.